The first-order valence-electron chi connectivity index (χ1n) is 5.49. The highest BCUT2D eigenvalue weighted by Gasteiger charge is 2.29. The van der Waals surface area contributed by atoms with Gasteiger partial charge in [-0.25, -0.2) is 4.39 Å². The first kappa shape index (κ1) is 12.3. The Kier molecular flexibility index (Phi) is 3.64. The Bertz CT molecular complexity index is 435. The number of aliphatic hydroxyl groups is 1. The van der Waals surface area contributed by atoms with E-state index in [1.165, 1.54) is 12.1 Å². The smallest absolute Gasteiger partial charge is 0.252 e. The average Bonchev–Trinajstić information content (AvgIpc) is 3.09. The SMILES string of the molecule is O=C(NCC(O)C1CC1)c1ccc(F)cc1Cl. The molecule has 1 aliphatic carbocycles. The maximum Gasteiger partial charge on any atom is 0.252 e. The molecule has 1 saturated carbocycles. The van der Waals surface area contributed by atoms with Gasteiger partial charge in [0.15, 0.2) is 0 Å². The normalized spacial score (nSPS) is 16.6. The third-order valence-electron chi connectivity index (χ3n) is 2.81. The maximum absolute atomic E-state index is 12.8. The Morgan fingerprint density at radius 2 is 2.29 bits per heavy atom. The Balaban J connectivity index is 1.94. The van der Waals surface area contributed by atoms with Gasteiger partial charge in [0.25, 0.3) is 5.91 Å². The molecule has 0 radical (unpaired) electrons. The molecule has 1 atom stereocenters. The molecule has 0 bridgehead atoms. The molecule has 3 nitrogen and oxygen atoms in total. The van der Waals surface area contributed by atoms with Gasteiger partial charge in [-0.05, 0) is 37.0 Å². The number of nitrogens with one attached hydrogen (secondary N) is 1. The third-order valence-corrected chi connectivity index (χ3v) is 3.13. The summed E-state index contributed by atoms with van der Waals surface area (Å²) in [6, 6.07) is 3.60. The zero-order chi connectivity index (χ0) is 12.4. The number of halogens is 2. The van der Waals surface area contributed by atoms with Crippen LogP contribution in [0.15, 0.2) is 18.2 Å². The lowest BCUT2D eigenvalue weighted by molar-refractivity contribution is 0.0901. The monoisotopic (exact) mass is 257 g/mol. The lowest BCUT2D eigenvalue weighted by Crippen LogP contribution is -2.33. The van der Waals surface area contributed by atoms with E-state index in [0.29, 0.717) is 5.92 Å². The van der Waals surface area contributed by atoms with E-state index in [1.807, 2.05) is 0 Å². The number of hydrogen-bond acceptors (Lipinski definition) is 2. The molecule has 1 amide bonds. The summed E-state index contributed by atoms with van der Waals surface area (Å²) in [7, 11) is 0. The maximum atomic E-state index is 12.8. The first-order valence-corrected chi connectivity index (χ1v) is 5.87. The van der Waals surface area contributed by atoms with Crippen molar-refractivity contribution in [2.75, 3.05) is 6.54 Å². The average molecular weight is 258 g/mol. The summed E-state index contributed by atoms with van der Waals surface area (Å²) in [4.78, 5) is 11.7. The number of carbonyl (C=O) groups is 1. The van der Waals surface area contributed by atoms with Gasteiger partial charge in [0.05, 0.1) is 16.7 Å². The lowest BCUT2D eigenvalue weighted by Gasteiger charge is -2.11. The van der Waals surface area contributed by atoms with E-state index in [4.69, 9.17) is 11.6 Å². The van der Waals surface area contributed by atoms with Crippen molar-refractivity contribution in [3.8, 4) is 0 Å². The highest BCUT2D eigenvalue weighted by molar-refractivity contribution is 6.33. The molecule has 1 aliphatic rings. The van der Waals surface area contributed by atoms with Crippen LogP contribution in [0.2, 0.25) is 5.02 Å². The molecule has 1 unspecified atom stereocenters. The van der Waals surface area contributed by atoms with E-state index in [2.05, 4.69) is 5.32 Å². The van der Waals surface area contributed by atoms with Crippen molar-refractivity contribution in [2.45, 2.75) is 18.9 Å². The summed E-state index contributed by atoms with van der Waals surface area (Å²) in [6.45, 7) is 0.206. The van der Waals surface area contributed by atoms with Crippen molar-refractivity contribution in [1.29, 1.82) is 0 Å². The second kappa shape index (κ2) is 5.02. The first-order chi connectivity index (χ1) is 8.08. The van der Waals surface area contributed by atoms with Gasteiger partial charge < -0.3 is 10.4 Å². The second-order valence-electron chi connectivity index (χ2n) is 4.24. The Hall–Kier alpha value is -1.13. The van der Waals surface area contributed by atoms with Crippen LogP contribution in [0.1, 0.15) is 23.2 Å². The van der Waals surface area contributed by atoms with Gasteiger partial charge in [-0.15, -0.1) is 0 Å². The highest BCUT2D eigenvalue weighted by Crippen LogP contribution is 2.32. The number of hydrogen-bond donors (Lipinski definition) is 2. The summed E-state index contributed by atoms with van der Waals surface area (Å²) in [5.41, 5.74) is 0.219. The minimum absolute atomic E-state index is 0.0726. The topological polar surface area (TPSA) is 49.3 Å². The number of carbonyl (C=O) groups excluding carboxylic acids is 1. The molecule has 0 spiro atoms. The number of benzene rings is 1. The molecule has 2 rings (SSSR count). The fourth-order valence-corrected chi connectivity index (χ4v) is 1.87. The Morgan fingerprint density at radius 1 is 1.59 bits per heavy atom. The van der Waals surface area contributed by atoms with E-state index in [-0.39, 0.29) is 17.1 Å². The summed E-state index contributed by atoms with van der Waals surface area (Å²) in [5, 5.41) is 12.2. The molecule has 1 aromatic carbocycles. The Labute approximate surface area is 104 Å². The van der Waals surface area contributed by atoms with Gasteiger partial charge in [0, 0.05) is 6.54 Å². The fraction of sp³-hybridized carbons (Fsp3) is 0.417. The minimum atomic E-state index is -0.502. The van der Waals surface area contributed by atoms with Crippen molar-refractivity contribution >= 4 is 17.5 Å². The lowest BCUT2D eigenvalue weighted by atomic mass is 10.2. The van der Waals surface area contributed by atoms with Crippen LogP contribution in [0, 0.1) is 11.7 Å². The van der Waals surface area contributed by atoms with Gasteiger partial charge in [-0.1, -0.05) is 11.6 Å². The molecular formula is C12H13ClFNO2. The molecule has 0 heterocycles. The fourth-order valence-electron chi connectivity index (χ4n) is 1.61. The van der Waals surface area contributed by atoms with Crippen LogP contribution >= 0.6 is 11.6 Å². The van der Waals surface area contributed by atoms with E-state index in [9.17, 15) is 14.3 Å². The quantitative estimate of drug-likeness (QED) is 0.867. The van der Waals surface area contributed by atoms with Gasteiger partial charge in [-0.2, -0.15) is 0 Å². The van der Waals surface area contributed by atoms with Crippen molar-refractivity contribution in [2.24, 2.45) is 5.92 Å². The molecule has 1 fully saturated rings. The molecule has 0 aliphatic heterocycles. The van der Waals surface area contributed by atoms with Crippen LogP contribution in [0.3, 0.4) is 0 Å². The second-order valence-corrected chi connectivity index (χ2v) is 4.65. The molecule has 0 aromatic heterocycles. The summed E-state index contributed by atoms with van der Waals surface area (Å²) >= 11 is 5.75. The van der Waals surface area contributed by atoms with Crippen LogP contribution in [-0.4, -0.2) is 23.7 Å². The summed E-state index contributed by atoms with van der Waals surface area (Å²) in [6.07, 6.45) is 1.51. The predicted octanol–water partition coefficient (Wildman–Crippen LogP) is 1.98. The van der Waals surface area contributed by atoms with Crippen LogP contribution in [-0.2, 0) is 0 Å². The van der Waals surface area contributed by atoms with Crippen LogP contribution in [0.4, 0.5) is 4.39 Å². The van der Waals surface area contributed by atoms with Crippen LogP contribution in [0.5, 0.6) is 0 Å². The number of rotatable bonds is 4. The van der Waals surface area contributed by atoms with Crippen LogP contribution < -0.4 is 5.32 Å². The zero-order valence-electron chi connectivity index (χ0n) is 9.12. The van der Waals surface area contributed by atoms with Crippen molar-refractivity contribution in [1.82, 2.24) is 5.32 Å². The number of amides is 1. The molecule has 17 heavy (non-hydrogen) atoms. The van der Waals surface area contributed by atoms with E-state index < -0.39 is 17.8 Å². The van der Waals surface area contributed by atoms with Gasteiger partial charge >= 0.3 is 0 Å². The standard InChI is InChI=1S/C12H13ClFNO2/c13-10-5-8(14)3-4-9(10)12(17)15-6-11(16)7-1-2-7/h3-5,7,11,16H,1-2,6H2,(H,15,17). The highest BCUT2D eigenvalue weighted by atomic mass is 35.5. The predicted molar refractivity (Wildman–Crippen MR) is 62.5 cm³/mol. The minimum Gasteiger partial charge on any atom is -0.391 e. The van der Waals surface area contributed by atoms with Gasteiger partial charge in [-0.3, -0.25) is 4.79 Å². The van der Waals surface area contributed by atoms with Crippen molar-refractivity contribution in [3.63, 3.8) is 0 Å². The Morgan fingerprint density at radius 3 is 2.88 bits per heavy atom. The molecule has 2 N–H and O–H groups in total. The van der Waals surface area contributed by atoms with Crippen molar-refractivity contribution in [3.05, 3.63) is 34.6 Å². The van der Waals surface area contributed by atoms with Gasteiger partial charge in [0.2, 0.25) is 0 Å². The third kappa shape index (κ3) is 3.17. The van der Waals surface area contributed by atoms with Crippen LogP contribution in [0.25, 0.3) is 0 Å². The molecule has 92 valence electrons. The molecule has 1 aromatic rings. The number of aliphatic hydroxyl groups excluding tert-OH is 1. The van der Waals surface area contributed by atoms with E-state index in [1.54, 1.807) is 0 Å². The zero-order valence-corrected chi connectivity index (χ0v) is 9.88. The molecule has 5 heteroatoms. The van der Waals surface area contributed by atoms with E-state index >= 15 is 0 Å². The van der Waals surface area contributed by atoms with E-state index in [0.717, 1.165) is 18.9 Å². The molecular weight excluding hydrogens is 245 g/mol. The summed E-state index contributed by atoms with van der Waals surface area (Å²) < 4.78 is 12.8. The van der Waals surface area contributed by atoms with Gasteiger partial charge in [0.1, 0.15) is 5.82 Å². The summed E-state index contributed by atoms with van der Waals surface area (Å²) in [5.74, 6) is -0.571. The van der Waals surface area contributed by atoms with Crippen molar-refractivity contribution < 1.29 is 14.3 Å². The largest absolute Gasteiger partial charge is 0.391 e. The molecule has 0 saturated heterocycles.